The molecule has 4 rings (SSSR count). The van der Waals surface area contributed by atoms with Gasteiger partial charge in [-0.3, -0.25) is 4.79 Å². The van der Waals surface area contributed by atoms with Crippen LogP contribution in [0.3, 0.4) is 0 Å². The van der Waals surface area contributed by atoms with Gasteiger partial charge in [-0.1, -0.05) is 27.7 Å². The quantitative estimate of drug-likeness (QED) is 0.0830. The van der Waals surface area contributed by atoms with Gasteiger partial charge in [-0.15, -0.1) is 0 Å². The molecule has 4 fully saturated rings. The average Bonchev–Trinajstić information content (AvgIpc) is 3.41. The van der Waals surface area contributed by atoms with Crippen molar-refractivity contribution in [2.24, 2.45) is 46.2 Å². The van der Waals surface area contributed by atoms with E-state index < -0.39 is 6.04 Å². The summed E-state index contributed by atoms with van der Waals surface area (Å²) in [5.41, 5.74) is 6.50. The van der Waals surface area contributed by atoms with Crippen LogP contribution in [0.5, 0.6) is 0 Å². The summed E-state index contributed by atoms with van der Waals surface area (Å²) in [5.74, 6) is 3.87. The number of nitrogens with one attached hydrogen (secondary N) is 4. The maximum absolute atomic E-state index is 12.4. The first-order chi connectivity index (χ1) is 22.7. The van der Waals surface area contributed by atoms with Crippen molar-refractivity contribution < 1.29 is 14.3 Å². The molecule has 9 atom stereocenters. The Kier molecular flexibility index (Phi) is 17.5. The number of carbonyl (C=O) groups excluding carboxylic acids is 2. The molecule has 1 amide bonds. The third kappa shape index (κ3) is 10.9. The van der Waals surface area contributed by atoms with Crippen molar-refractivity contribution in [2.75, 3.05) is 46.4 Å². The van der Waals surface area contributed by atoms with Crippen LogP contribution in [-0.2, 0) is 14.3 Å². The fraction of sp³-hybridized carbons (Fsp3) is 0.949. The second-order valence-electron chi connectivity index (χ2n) is 15.8. The van der Waals surface area contributed by atoms with Crippen LogP contribution in [0.15, 0.2) is 0 Å². The highest BCUT2D eigenvalue weighted by molar-refractivity contribution is 5.83. The number of unbranched alkanes of at least 4 members (excludes halogenated alkanes) is 1. The number of carbonyl (C=O) groups is 2. The first-order valence-electron chi connectivity index (χ1n) is 19.9. The molecule has 47 heavy (non-hydrogen) atoms. The van der Waals surface area contributed by atoms with E-state index in [1.54, 1.807) is 6.92 Å². The number of hydrogen-bond acceptors (Lipinski definition) is 7. The van der Waals surface area contributed by atoms with Gasteiger partial charge >= 0.3 is 5.97 Å². The Bertz CT molecular complexity index is 919. The summed E-state index contributed by atoms with van der Waals surface area (Å²) in [7, 11) is 1.36. The monoisotopic (exact) mass is 662 g/mol. The lowest BCUT2D eigenvalue weighted by Gasteiger charge is -2.61. The van der Waals surface area contributed by atoms with Crippen LogP contribution >= 0.6 is 0 Å². The van der Waals surface area contributed by atoms with Crippen LogP contribution in [0.2, 0.25) is 0 Å². The fourth-order valence-electron chi connectivity index (χ4n) is 10.6. The second kappa shape index (κ2) is 20.5. The van der Waals surface area contributed by atoms with E-state index in [9.17, 15) is 9.59 Å². The van der Waals surface area contributed by atoms with Gasteiger partial charge in [0.2, 0.25) is 5.91 Å². The number of ether oxygens (including phenoxy) is 1. The molecular formula is C39H75N5O3. The number of nitrogens with two attached hydrogens (primary N) is 1. The van der Waals surface area contributed by atoms with E-state index in [2.05, 4.69) is 35.1 Å². The zero-order valence-electron chi connectivity index (χ0n) is 31.4. The molecule has 9 unspecified atom stereocenters. The summed E-state index contributed by atoms with van der Waals surface area (Å²) < 4.78 is 4.74. The molecule has 4 saturated carbocycles. The molecule has 8 heteroatoms. The maximum atomic E-state index is 12.4. The standard InChI is InChI=1S/C37H69N5O3.C2H6/c1-27(35(44)45-4)42-34(43)11-7-10-28-13-15-32-31-14-12-29-26-30(16-18-37(29,3)33(31)17-19-36(28,32)2)41-25-9-24-40-22-6-5-21-39-23-8-20-38;1-2/h27-33,39-41H,5-26,38H2,1-4H3,(H,42,43);1-2H3. The van der Waals surface area contributed by atoms with Gasteiger partial charge in [0.25, 0.3) is 0 Å². The van der Waals surface area contributed by atoms with E-state index in [1.807, 2.05) is 13.8 Å². The van der Waals surface area contributed by atoms with Gasteiger partial charge in [-0.25, -0.2) is 4.79 Å². The summed E-state index contributed by atoms with van der Waals surface area (Å²) in [4.78, 5) is 24.1. The Hall–Kier alpha value is -1.22. The van der Waals surface area contributed by atoms with Crippen molar-refractivity contribution in [3.8, 4) is 0 Å². The van der Waals surface area contributed by atoms with Crippen molar-refractivity contribution in [2.45, 2.75) is 149 Å². The van der Waals surface area contributed by atoms with Crippen molar-refractivity contribution >= 4 is 11.9 Å². The molecule has 0 spiro atoms. The lowest BCUT2D eigenvalue weighted by molar-refractivity contribution is -0.144. The van der Waals surface area contributed by atoms with Crippen LogP contribution in [0.4, 0.5) is 0 Å². The Morgan fingerprint density at radius 1 is 0.809 bits per heavy atom. The van der Waals surface area contributed by atoms with E-state index in [1.165, 1.54) is 84.2 Å². The van der Waals surface area contributed by atoms with Crippen molar-refractivity contribution in [1.82, 2.24) is 21.3 Å². The van der Waals surface area contributed by atoms with Gasteiger partial charge in [0.05, 0.1) is 7.11 Å². The van der Waals surface area contributed by atoms with E-state index in [0.717, 1.165) is 88.1 Å². The zero-order valence-corrected chi connectivity index (χ0v) is 31.4. The Morgan fingerprint density at radius 3 is 2.17 bits per heavy atom. The molecule has 8 nitrogen and oxygen atoms in total. The third-order valence-corrected chi connectivity index (χ3v) is 13.2. The molecule has 274 valence electrons. The minimum atomic E-state index is -0.573. The van der Waals surface area contributed by atoms with Crippen molar-refractivity contribution in [1.29, 1.82) is 0 Å². The maximum Gasteiger partial charge on any atom is 0.328 e. The normalized spacial score (nSPS) is 33.4. The number of rotatable bonds is 19. The molecular weight excluding hydrogens is 586 g/mol. The summed E-state index contributed by atoms with van der Waals surface area (Å²) >= 11 is 0. The molecule has 0 aromatic heterocycles. The molecule has 4 aliphatic rings. The number of methoxy groups -OCH3 is 1. The van der Waals surface area contributed by atoms with Crippen LogP contribution < -0.4 is 27.0 Å². The topological polar surface area (TPSA) is 118 Å². The highest BCUT2D eigenvalue weighted by Crippen LogP contribution is 2.67. The smallest absolute Gasteiger partial charge is 0.328 e. The van der Waals surface area contributed by atoms with E-state index in [4.69, 9.17) is 10.5 Å². The van der Waals surface area contributed by atoms with Crippen LogP contribution in [-0.4, -0.2) is 70.3 Å². The first-order valence-corrected chi connectivity index (χ1v) is 19.9. The van der Waals surface area contributed by atoms with E-state index in [-0.39, 0.29) is 11.9 Å². The van der Waals surface area contributed by atoms with Gasteiger partial charge in [0, 0.05) is 12.5 Å². The molecule has 6 N–H and O–H groups in total. The third-order valence-electron chi connectivity index (χ3n) is 13.2. The summed E-state index contributed by atoms with van der Waals surface area (Å²) in [6, 6.07) is 0.132. The number of esters is 1. The largest absolute Gasteiger partial charge is 0.467 e. The Morgan fingerprint density at radius 2 is 1.47 bits per heavy atom. The first kappa shape index (κ1) is 40.2. The molecule has 0 aliphatic heterocycles. The number of fused-ring (bicyclic) bond motifs is 5. The van der Waals surface area contributed by atoms with Gasteiger partial charge in [0.15, 0.2) is 0 Å². The molecule has 4 aliphatic carbocycles. The Labute approximate surface area is 289 Å². The molecule has 0 bridgehead atoms. The SMILES string of the molecule is CC.COC(=O)C(C)NC(=O)CCCC1CCC2C3CCC4CC(NCCCNCCCCNCCCN)CCC4(C)C3CCC12C. The van der Waals surface area contributed by atoms with Gasteiger partial charge in [-0.05, 0) is 183 Å². The predicted molar refractivity (Wildman–Crippen MR) is 195 cm³/mol. The summed E-state index contributed by atoms with van der Waals surface area (Å²) in [6.45, 7) is 17.3. The van der Waals surface area contributed by atoms with Crippen LogP contribution in [0, 0.1) is 40.4 Å². The average molecular weight is 662 g/mol. The number of hydrogen-bond donors (Lipinski definition) is 5. The van der Waals surface area contributed by atoms with E-state index in [0.29, 0.717) is 23.3 Å². The van der Waals surface area contributed by atoms with E-state index >= 15 is 0 Å². The van der Waals surface area contributed by atoms with Gasteiger partial charge < -0.3 is 31.7 Å². The highest BCUT2D eigenvalue weighted by atomic mass is 16.5. The van der Waals surface area contributed by atoms with Crippen molar-refractivity contribution in [3.05, 3.63) is 0 Å². The fourth-order valence-corrected chi connectivity index (χ4v) is 10.6. The predicted octanol–water partition coefficient (Wildman–Crippen LogP) is 6.18. The molecule has 0 radical (unpaired) electrons. The van der Waals surface area contributed by atoms with Gasteiger partial charge in [0.1, 0.15) is 6.04 Å². The van der Waals surface area contributed by atoms with Gasteiger partial charge in [-0.2, -0.15) is 0 Å². The molecule has 0 heterocycles. The minimum Gasteiger partial charge on any atom is -0.467 e. The molecule has 0 aromatic rings. The summed E-state index contributed by atoms with van der Waals surface area (Å²) in [6.07, 6.45) is 19.8. The van der Waals surface area contributed by atoms with Crippen LogP contribution in [0.25, 0.3) is 0 Å². The summed E-state index contributed by atoms with van der Waals surface area (Å²) in [5, 5.41) is 13.9. The minimum absolute atomic E-state index is 0.0295. The van der Waals surface area contributed by atoms with Crippen LogP contribution in [0.1, 0.15) is 137 Å². The number of amides is 1. The lowest BCUT2D eigenvalue weighted by Crippen LogP contribution is -2.55. The Balaban J connectivity index is 0.00000294. The zero-order chi connectivity index (χ0) is 34.3. The second-order valence-corrected chi connectivity index (χ2v) is 15.8. The highest BCUT2D eigenvalue weighted by Gasteiger charge is 2.59. The lowest BCUT2D eigenvalue weighted by atomic mass is 9.44. The van der Waals surface area contributed by atoms with Crippen molar-refractivity contribution in [3.63, 3.8) is 0 Å². The molecule has 0 aromatic carbocycles. The molecule has 0 saturated heterocycles.